The number of carboxylic acids is 1. The maximum atomic E-state index is 12.4. The van der Waals surface area contributed by atoms with Crippen molar-refractivity contribution in [1.82, 2.24) is 0 Å². The topological polar surface area (TPSA) is 92.9 Å². The molecule has 0 bridgehead atoms. The Morgan fingerprint density at radius 3 is 2.85 bits per heavy atom. The quantitative estimate of drug-likeness (QED) is 0.843. The molecule has 1 aromatic rings. The summed E-state index contributed by atoms with van der Waals surface area (Å²) >= 11 is 0. The highest BCUT2D eigenvalue weighted by molar-refractivity contribution is 6.00. The van der Waals surface area contributed by atoms with Crippen LogP contribution in [0.15, 0.2) is 18.2 Å². The number of benzene rings is 1. The van der Waals surface area contributed by atoms with Crippen molar-refractivity contribution in [2.24, 2.45) is 5.73 Å². The van der Waals surface area contributed by atoms with Crippen LogP contribution in [0.2, 0.25) is 0 Å². The van der Waals surface area contributed by atoms with Crippen LogP contribution >= 0.6 is 0 Å². The lowest BCUT2D eigenvalue weighted by Gasteiger charge is -2.32. The number of carbonyl (C=O) groups is 2. The molecule has 108 valence electrons. The van der Waals surface area contributed by atoms with Gasteiger partial charge < -0.3 is 20.5 Å². The third-order valence-corrected chi connectivity index (χ3v) is 3.52. The Kier molecular flexibility index (Phi) is 4.36. The van der Waals surface area contributed by atoms with Crippen LogP contribution < -0.4 is 10.6 Å². The molecule has 1 unspecified atom stereocenters. The Morgan fingerprint density at radius 1 is 1.50 bits per heavy atom. The molecule has 0 fully saturated rings. The second-order valence-corrected chi connectivity index (χ2v) is 4.66. The minimum absolute atomic E-state index is 0.0970. The average Bonchev–Trinajstić information content (AvgIpc) is 2.46. The number of hydrogen-bond donors (Lipinski definition) is 2. The first-order valence-electron chi connectivity index (χ1n) is 6.49. The molecule has 1 amide bonds. The Balaban J connectivity index is 2.40. The van der Waals surface area contributed by atoms with Crippen molar-refractivity contribution in [3.05, 3.63) is 29.3 Å². The van der Waals surface area contributed by atoms with E-state index < -0.39 is 12.1 Å². The van der Waals surface area contributed by atoms with Crippen LogP contribution in [-0.2, 0) is 16.0 Å². The summed E-state index contributed by atoms with van der Waals surface area (Å²) in [5.74, 6) is -1.20. The van der Waals surface area contributed by atoms with E-state index in [0.717, 1.165) is 6.42 Å². The number of aromatic carboxylic acids is 1. The number of nitrogens with two attached hydrogens (primary N) is 1. The van der Waals surface area contributed by atoms with E-state index in [1.54, 1.807) is 23.1 Å². The van der Waals surface area contributed by atoms with E-state index in [-0.39, 0.29) is 18.0 Å². The number of nitrogens with zero attached hydrogens (tertiary/aromatic N) is 1. The van der Waals surface area contributed by atoms with E-state index in [1.165, 1.54) is 7.11 Å². The first-order chi connectivity index (χ1) is 9.60. The summed E-state index contributed by atoms with van der Waals surface area (Å²) in [5.41, 5.74) is 7.12. The molecule has 2 rings (SSSR count). The molecule has 1 heterocycles. The van der Waals surface area contributed by atoms with Crippen LogP contribution in [0.1, 0.15) is 22.3 Å². The Bertz CT molecular complexity index is 526. The van der Waals surface area contributed by atoms with Gasteiger partial charge in [-0.05, 0) is 30.5 Å². The maximum Gasteiger partial charge on any atom is 0.336 e. The second-order valence-electron chi connectivity index (χ2n) is 4.66. The maximum absolute atomic E-state index is 12.4. The van der Waals surface area contributed by atoms with Crippen molar-refractivity contribution in [2.75, 3.05) is 25.1 Å². The molecular formula is C14H18N2O4. The molecule has 0 aromatic heterocycles. The Hall–Kier alpha value is -1.92. The molecule has 6 heteroatoms. The van der Waals surface area contributed by atoms with Crippen molar-refractivity contribution < 1.29 is 19.4 Å². The van der Waals surface area contributed by atoms with Crippen LogP contribution in [0.25, 0.3) is 0 Å². The molecule has 0 saturated heterocycles. The van der Waals surface area contributed by atoms with Gasteiger partial charge in [0.25, 0.3) is 5.91 Å². The van der Waals surface area contributed by atoms with E-state index in [4.69, 9.17) is 10.5 Å². The number of ether oxygens (including phenoxy) is 1. The zero-order chi connectivity index (χ0) is 14.7. The number of carbonyl (C=O) groups excluding carboxylic acids is 1. The molecule has 1 atom stereocenters. The predicted molar refractivity (Wildman–Crippen MR) is 73.9 cm³/mol. The summed E-state index contributed by atoms with van der Waals surface area (Å²) in [6, 6.07) is 4.98. The third-order valence-electron chi connectivity index (χ3n) is 3.52. The van der Waals surface area contributed by atoms with Gasteiger partial charge in [0, 0.05) is 25.9 Å². The fourth-order valence-electron chi connectivity index (χ4n) is 2.53. The molecule has 0 radical (unpaired) electrons. The van der Waals surface area contributed by atoms with Gasteiger partial charge >= 0.3 is 5.97 Å². The van der Waals surface area contributed by atoms with E-state index in [2.05, 4.69) is 0 Å². The SMILES string of the molecule is COC(CN)C(=O)N1CCCc2c(C(=O)O)cccc21. The monoisotopic (exact) mass is 278 g/mol. The normalized spacial score (nSPS) is 15.6. The summed E-state index contributed by atoms with van der Waals surface area (Å²) in [6.45, 7) is 0.647. The number of carboxylic acid groups (broad SMARTS) is 1. The van der Waals surface area contributed by atoms with Crippen molar-refractivity contribution in [2.45, 2.75) is 18.9 Å². The lowest BCUT2D eigenvalue weighted by Crippen LogP contribution is -2.46. The smallest absolute Gasteiger partial charge is 0.336 e. The number of anilines is 1. The van der Waals surface area contributed by atoms with Crippen molar-refractivity contribution in [3.8, 4) is 0 Å². The summed E-state index contributed by atoms with van der Waals surface area (Å²) in [6.07, 6.45) is 0.681. The van der Waals surface area contributed by atoms with Gasteiger partial charge in [-0.1, -0.05) is 6.07 Å². The summed E-state index contributed by atoms with van der Waals surface area (Å²) < 4.78 is 5.07. The number of fused-ring (bicyclic) bond motifs is 1. The largest absolute Gasteiger partial charge is 0.478 e. The molecule has 1 aliphatic rings. The number of hydrogen-bond acceptors (Lipinski definition) is 4. The lowest BCUT2D eigenvalue weighted by atomic mass is 9.96. The highest BCUT2D eigenvalue weighted by atomic mass is 16.5. The number of methoxy groups -OCH3 is 1. The van der Waals surface area contributed by atoms with Gasteiger partial charge in [0.05, 0.1) is 5.56 Å². The molecule has 6 nitrogen and oxygen atoms in total. The van der Waals surface area contributed by atoms with Gasteiger partial charge in [-0.3, -0.25) is 4.79 Å². The van der Waals surface area contributed by atoms with Gasteiger partial charge in [-0.25, -0.2) is 4.79 Å². The van der Waals surface area contributed by atoms with Gasteiger partial charge in [-0.2, -0.15) is 0 Å². The molecule has 1 aliphatic heterocycles. The summed E-state index contributed by atoms with van der Waals surface area (Å²) in [4.78, 5) is 25.2. The zero-order valence-electron chi connectivity index (χ0n) is 11.3. The molecule has 0 saturated carbocycles. The predicted octanol–water partition coefficient (Wildman–Crippen LogP) is 0.638. The van der Waals surface area contributed by atoms with Crippen LogP contribution in [0.3, 0.4) is 0 Å². The van der Waals surface area contributed by atoms with E-state index in [9.17, 15) is 14.7 Å². The van der Waals surface area contributed by atoms with E-state index in [0.29, 0.717) is 24.2 Å². The highest BCUT2D eigenvalue weighted by Crippen LogP contribution is 2.30. The molecule has 0 aliphatic carbocycles. The van der Waals surface area contributed by atoms with E-state index >= 15 is 0 Å². The molecule has 20 heavy (non-hydrogen) atoms. The fourth-order valence-corrected chi connectivity index (χ4v) is 2.53. The summed E-state index contributed by atoms with van der Waals surface area (Å²) in [5, 5.41) is 9.22. The third kappa shape index (κ3) is 2.52. The highest BCUT2D eigenvalue weighted by Gasteiger charge is 2.29. The standard InChI is InChI=1S/C14H18N2O4/c1-20-12(8-15)13(17)16-7-3-5-9-10(14(18)19)4-2-6-11(9)16/h2,4,6,12H,3,5,7-8,15H2,1H3,(H,18,19). The Labute approximate surface area is 117 Å². The van der Waals surface area contributed by atoms with Crippen molar-refractivity contribution in [1.29, 1.82) is 0 Å². The second kappa shape index (κ2) is 6.02. The minimum atomic E-state index is -0.974. The van der Waals surface area contributed by atoms with Crippen molar-refractivity contribution in [3.63, 3.8) is 0 Å². The van der Waals surface area contributed by atoms with Crippen LogP contribution in [-0.4, -0.2) is 43.3 Å². The fraction of sp³-hybridized carbons (Fsp3) is 0.429. The van der Waals surface area contributed by atoms with Crippen molar-refractivity contribution >= 4 is 17.6 Å². The Morgan fingerprint density at radius 2 is 2.25 bits per heavy atom. The van der Waals surface area contributed by atoms with Gasteiger partial charge in [0.2, 0.25) is 0 Å². The zero-order valence-corrected chi connectivity index (χ0v) is 11.3. The summed E-state index contributed by atoms with van der Waals surface area (Å²) in [7, 11) is 1.44. The minimum Gasteiger partial charge on any atom is -0.478 e. The first kappa shape index (κ1) is 14.5. The number of rotatable bonds is 4. The number of amides is 1. The molecule has 1 aromatic carbocycles. The van der Waals surface area contributed by atoms with Gasteiger partial charge in [0.15, 0.2) is 0 Å². The van der Waals surface area contributed by atoms with Crippen LogP contribution in [0.5, 0.6) is 0 Å². The van der Waals surface area contributed by atoms with Crippen LogP contribution in [0.4, 0.5) is 5.69 Å². The van der Waals surface area contributed by atoms with Gasteiger partial charge in [-0.15, -0.1) is 0 Å². The first-order valence-corrected chi connectivity index (χ1v) is 6.49. The molecular weight excluding hydrogens is 260 g/mol. The molecule has 0 spiro atoms. The van der Waals surface area contributed by atoms with Crippen LogP contribution in [0, 0.1) is 0 Å². The van der Waals surface area contributed by atoms with Gasteiger partial charge in [0.1, 0.15) is 6.10 Å². The van der Waals surface area contributed by atoms with E-state index in [1.807, 2.05) is 0 Å². The molecule has 3 N–H and O–H groups in total. The lowest BCUT2D eigenvalue weighted by molar-refractivity contribution is -0.127. The average molecular weight is 278 g/mol.